The summed E-state index contributed by atoms with van der Waals surface area (Å²) >= 11 is 17.3. The number of rotatable bonds is 4. The molecule has 102 valence electrons. The van der Waals surface area contributed by atoms with Crippen molar-refractivity contribution in [1.82, 2.24) is 0 Å². The topological polar surface area (TPSA) is 52.6 Å². The lowest BCUT2D eigenvalue weighted by atomic mass is 10.3. The summed E-state index contributed by atoms with van der Waals surface area (Å²) < 4.78 is 9.50. The lowest BCUT2D eigenvalue weighted by Crippen LogP contribution is -2.06. The van der Waals surface area contributed by atoms with Crippen LogP contribution in [-0.4, -0.2) is 18.5 Å². The average Bonchev–Trinajstić information content (AvgIpc) is 2.34. The van der Waals surface area contributed by atoms with E-state index in [0.29, 0.717) is 0 Å². The SMILES string of the molecule is CCOC(=O)/C=C/C(=O)Oc1cc(Cl)c(Cl)c(Cl)c1. The number of carbonyl (C=O) groups excluding carboxylic acids is 2. The number of benzene rings is 1. The van der Waals surface area contributed by atoms with Gasteiger partial charge in [0.25, 0.3) is 0 Å². The molecule has 0 aromatic heterocycles. The zero-order chi connectivity index (χ0) is 14.4. The Hall–Kier alpha value is -1.23. The van der Waals surface area contributed by atoms with Gasteiger partial charge >= 0.3 is 11.9 Å². The van der Waals surface area contributed by atoms with Crippen LogP contribution >= 0.6 is 34.8 Å². The summed E-state index contributed by atoms with van der Waals surface area (Å²) in [6, 6.07) is 2.68. The van der Waals surface area contributed by atoms with Crippen molar-refractivity contribution in [2.75, 3.05) is 6.61 Å². The molecule has 0 saturated carbocycles. The van der Waals surface area contributed by atoms with Gasteiger partial charge in [-0.25, -0.2) is 9.59 Å². The Kier molecular flexibility index (Phi) is 6.15. The van der Waals surface area contributed by atoms with E-state index in [0.717, 1.165) is 12.2 Å². The molecule has 0 N–H and O–H groups in total. The van der Waals surface area contributed by atoms with Crippen molar-refractivity contribution >= 4 is 46.7 Å². The molecule has 0 saturated heterocycles. The van der Waals surface area contributed by atoms with Crippen LogP contribution in [0.5, 0.6) is 5.75 Å². The zero-order valence-corrected chi connectivity index (χ0v) is 12.1. The average molecular weight is 324 g/mol. The molecular weight excluding hydrogens is 314 g/mol. The molecule has 1 aromatic rings. The summed E-state index contributed by atoms with van der Waals surface area (Å²) in [6.45, 7) is 1.88. The Morgan fingerprint density at radius 3 is 2.16 bits per heavy atom. The Morgan fingerprint density at radius 2 is 1.63 bits per heavy atom. The number of halogens is 3. The molecule has 0 spiro atoms. The number of carbonyl (C=O) groups is 2. The first-order chi connectivity index (χ1) is 8.93. The first kappa shape index (κ1) is 15.8. The van der Waals surface area contributed by atoms with Crippen molar-refractivity contribution < 1.29 is 19.1 Å². The predicted molar refractivity (Wildman–Crippen MR) is 72.9 cm³/mol. The fourth-order valence-corrected chi connectivity index (χ4v) is 1.64. The van der Waals surface area contributed by atoms with Crippen LogP contribution in [0.2, 0.25) is 15.1 Å². The van der Waals surface area contributed by atoms with Gasteiger partial charge in [-0.05, 0) is 6.92 Å². The van der Waals surface area contributed by atoms with E-state index in [1.54, 1.807) is 6.92 Å². The van der Waals surface area contributed by atoms with Crippen LogP contribution in [0.25, 0.3) is 0 Å². The first-order valence-corrected chi connectivity index (χ1v) is 6.28. The highest BCUT2D eigenvalue weighted by Crippen LogP contribution is 2.34. The normalized spacial score (nSPS) is 10.5. The van der Waals surface area contributed by atoms with E-state index in [1.807, 2.05) is 0 Å². The maximum absolute atomic E-state index is 11.4. The summed E-state index contributed by atoms with van der Waals surface area (Å²) in [4.78, 5) is 22.4. The highest BCUT2D eigenvalue weighted by atomic mass is 35.5. The molecule has 0 aliphatic carbocycles. The molecule has 0 bridgehead atoms. The monoisotopic (exact) mass is 322 g/mol. The standard InChI is InChI=1S/C12H9Cl3O4/c1-2-18-10(16)3-4-11(17)19-7-5-8(13)12(15)9(14)6-7/h3-6H,2H2,1H3/b4-3+. The lowest BCUT2D eigenvalue weighted by molar-refractivity contribution is -0.138. The third-order valence-electron chi connectivity index (χ3n) is 1.82. The minimum absolute atomic E-state index is 0.123. The summed E-state index contributed by atoms with van der Waals surface area (Å²) in [6.07, 6.45) is 1.90. The second-order valence-electron chi connectivity index (χ2n) is 3.21. The Labute approximate surface area is 124 Å². The fraction of sp³-hybridized carbons (Fsp3) is 0.167. The minimum Gasteiger partial charge on any atom is -0.463 e. The predicted octanol–water partition coefficient (Wildman–Crippen LogP) is 3.67. The van der Waals surface area contributed by atoms with E-state index in [-0.39, 0.29) is 27.4 Å². The maximum atomic E-state index is 11.4. The summed E-state index contributed by atoms with van der Waals surface area (Å²) in [7, 11) is 0. The molecule has 19 heavy (non-hydrogen) atoms. The molecule has 0 unspecified atom stereocenters. The molecule has 7 heteroatoms. The van der Waals surface area contributed by atoms with E-state index in [9.17, 15) is 9.59 Å². The summed E-state index contributed by atoms with van der Waals surface area (Å²) in [5.41, 5.74) is 0. The van der Waals surface area contributed by atoms with Gasteiger partial charge in [0.1, 0.15) is 5.75 Å². The van der Waals surface area contributed by atoms with Crippen LogP contribution in [0.15, 0.2) is 24.3 Å². The van der Waals surface area contributed by atoms with Gasteiger partial charge in [0.2, 0.25) is 0 Å². The Bertz CT molecular complexity index is 503. The van der Waals surface area contributed by atoms with Gasteiger partial charge in [0, 0.05) is 24.3 Å². The van der Waals surface area contributed by atoms with Crippen LogP contribution in [0.3, 0.4) is 0 Å². The van der Waals surface area contributed by atoms with Gasteiger partial charge in [-0.3, -0.25) is 0 Å². The van der Waals surface area contributed by atoms with Gasteiger partial charge in [-0.2, -0.15) is 0 Å². The van der Waals surface area contributed by atoms with Gasteiger partial charge in [0.05, 0.1) is 21.7 Å². The largest absolute Gasteiger partial charge is 0.463 e. The van der Waals surface area contributed by atoms with E-state index >= 15 is 0 Å². The van der Waals surface area contributed by atoms with Crippen LogP contribution in [0.1, 0.15) is 6.92 Å². The molecule has 0 radical (unpaired) electrons. The van der Waals surface area contributed by atoms with Crippen LogP contribution in [0.4, 0.5) is 0 Å². The van der Waals surface area contributed by atoms with Gasteiger partial charge in [-0.1, -0.05) is 34.8 Å². The van der Waals surface area contributed by atoms with E-state index in [4.69, 9.17) is 39.5 Å². The second kappa shape index (κ2) is 7.38. The summed E-state index contributed by atoms with van der Waals surface area (Å²) in [5, 5.41) is 0.489. The van der Waals surface area contributed by atoms with Gasteiger partial charge in [0.15, 0.2) is 0 Å². The third-order valence-corrected chi connectivity index (χ3v) is 3.01. The second-order valence-corrected chi connectivity index (χ2v) is 4.40. The highest BCUT2D eigenvalue weighted by Gasteiger charge is 2.09. The first-order valence-electron chi connectivity index (χ1n) is 5.15. The molecule has 0 heterocycles. The minimum atomic E-state index is -0.762. The van der Waals surface area contributed by atoms with E-state index in [1.165, 1.54) is 12.1 Å². The number of hydrogen-bond acceptors (Lipinski definition) is 4. The van der Waals surface area contributed by atoms with Crippen LogP contribution < -0.4 is 4.74 Å². The molecule has 0 atom stereocenters. The molecule has 0 aliphatic heterocycles. The van der Waals surface area contributed by atoms with E-state index in [2.05, 4.69) is 4.74 Å². The van der Waals surface area contributed by atoms with Crippen molar-refractivity contribution in [3.05, 3.63) is 39.4 Å². The highest BCUT2D eigenvalue weighted by molar-refractivity contribution is 6.48. The van der Waals surface area contributed by atoms with Crippen molar-refractivity contribution in [3.8, 4) is 5.75 Å². The van der Waals surface area contributed by atoms with Gasteiger partial charge in [-0.15, -0.1) is 0 Å². The molecule has 0 amide bonds. The zero-order valence-electron chi connectivity index (χ0n) is 9.78. The van der Waals surface area contributed by atoms with Crippen molar-refractivity contribution in [2.45, 2.75) is 6.92 Å². The maximum Gasteiger partial charge on any atom is 0.336 e. The van der Waals surface area contributed by atoms with Crippen LogP contribution in [0, 0.1) is 0 Å². The third kappa shape index (κ3) is 5.11. The lowest BCUT2D eigenvalue weighted by Gasteiger charge is -2.04. The van der Waals surface area contributed by atoms with Crippen molar-refractivity contribution in [1.29, 1.82) is 0 Å². The smallest absolute Gasteiger partial charge is 0.336 e. The van der Waals surface area contributed by atoms with Gasteiger partial charge < -0.3 is 9.47 Å². The molecular formula is C12H9Cl3O4. The molecule has 1 rings (SSSR count). The number of esters is 2. The molecule has 1 aromatic carbocycles. The fourth-order valence-electron chi connectivity index (χ4n) is 1.07. The molecule has 0 fully saturated rings. The van der Waals surface area contributed by atoms with E-state index < -0.39 is 11.9 Å². The molecule has 0 aliphatic rings. The Balaban J connectivity index is 2.70. The number of hydrogen-bond donors (Lipinski definition) is 0. The number of ether oxygens (including phenoxy) is 2. The van der Waals surface area contributed by atoms with Crippen LogP contribution in [-0.2, 0) is 14.3 Å². The quantitative estimate of drug-likeness (QED) is 0.367. The Morgan fingerprint density at radius 1 is 1.11 bits per heavy atom. The molecule has 4 nitrogen and oxygen atoms in total. The summed E-state index contributed by atoms with van der Waals surface area (Å²) in [5.74, 6) is -1.27. The van der Waals surface area contributed by atoms with Crippen molar-refractivity contribution in [2.24, 2.45) is 0 Å². The van der Waals surface area contributed by atoms with Crippen molar-refractivity contribution in [3.63, 3.8) is 0 Å².